The predicted octanol–water partition coefficient (Wildman–Crippen LogP) is 0.888. The monoisotopic (exact) mass is 324 g/mol. The van der Waals surface area contributed by atoms with Gasteiger partial charge in [0.05, 0.1) is 6.61 Å². The zero-order valence-electron chi connectivity index (χ0n) is 13.0. The van der Waals surface area contributed by atoms with Gasteiger partial charge in [0.25, 0.3) is 0 Å². The van der Waals surface area contributed by atoms with Crippen molar-refractivity contribution in [3.8, 4) is 5.75 Å². The minimum atomic E-state index is -1.82. The molecule has 1 aromatic carbocycles. The molecule has 0 spiro atoms. The lowest BCUT2D eigenvalue weighted by Gasteiger charge is -2.10. The summed E-state index contributed by atoms with van der Waals surface area (Å²) in [6.45, 7) is 6.97. The first-order valence-corrected chi connectivity index (χ1v) is 7.21. The van der Waals surface area contributed by atoms with Crippen LogP contribution >= 0.6 is 0 Å². The largest absolute Gasteiger partial charge is 0.493 e. The second-order valence-electron chi connectivity index (χ2n) is 4.45. The molecule has 1 rings (SSSR count). The van der Waals surface area contributed by atoms with Gasteiger partial charge in [-0.1, -0.05) is 24.3 Å². The zero-order valence-corrected chi connectivity index (χ0v) is 13.0. The number of nitrogens with one attached hydrogen (secondary N) is 1. The molecule has 0 aliphatic rings. The highest BCUT2D eigenvalue weighted by atomic mass is 16.5. The van der Waals surface area contributed by atoms with E-state index in [1.54, 1.807) is 0 Å². The fourth-order valence-corrected chi connectivity index (χ4v) is 1.58. The lowest BCUT2D eigenvalue weighted by molar-refractivity contribution is -0.159. The highest BCUT2D eigenvalue weighted by molar-refractivity contribution is 6.27. The highest BCUT2D eigenvalue weighted by Crippen LogP contribution is 2.18. The number of para-hydroxylation sites is 1. The lowest BCUT2D eigenvalue weighted by atomic mass is 10.1. The van der Waals surface area contributed by atoms with Crippen LogP contribution < -0.4 is 15.8 Å². The maximum Gasteiger partial charge on any atom is 0.414 e. The number of hydrogen-bond acceptors (Lipinski definition) is 5. The maximum atomic E-state index is 9.10. The van der Waals surface area contributed by atoms with Gasteiger partial charge < -0.3 is 26.0 Å². The van der Waals surface area contributed by atoms with Crippen molar-refractivity contribution in [3.05, 3.63) is 42.5 Å². The third-order valence-electron chi connectivity index (χ3n) is 2.60. The van der Waals surface area contributed by atoms with E-state index in [0.29, 0.717) is 6.54 Å². The Morgan fingerprint density at radius 3 is 2.43 bits per heavy atom. The highest BCUT2D eigenvalue weighted by Gasteiger charge is 2.04. The summed E-state index contributed by atoms with van der Waals surface area (Å²) in [5.74, 6) is -2.68. The lowest BCUT2D eigenvalue weighted by Crippen LogP contribution is -2.24. The summed E-state index contributed by atoms with van der Waals surface area (Å²) < 4.78 is 5.75. The Kier molecular flexibility index (Phi) is 11.9. The number of carboxylic acids is 2. The summed E-state index contributed by atoms with van der Waals surface area (Å²) in [4.78, 5) is 18.2. The Hall–Kier alpha value is -2.38. The zero-order chi connectivity index (χ0) is 17.5. The van der Waals surface area contributed by atoms with Crippen LogP contribution in [0.2, 0.25) is 0 Å². The third kappa shape index (κ3) is 10.9. The van der Waals surface area contributed by atoms with Crippen LogP contribution in [0.25, 0.3) is 0 Å². The summed E-state index contributed by atoms with van der Waals surface area (Å²) in [6.07, 6.45) is 3.73. The minimum absolute atomic E-state index is 0.684. The van der Waals surface area contributed by atoms with Crippen molar-refractivity contribution in [3.63, 3.8) is 0 Å². The SMILES string of the molecule is C=CCc1ccccc1OCCCNCCN.O=C(O)C(=O)O. The van der Waals surface area contributed by atoms with Gasteiger partial charge in [-0.15, -0.1) is 6.58 Å². The molecule has 7 heteroatoms. The first-order chi connectivity index (χ1) is 11.0. The summed E-state index contributed by atoms with van der Waals surface area (Å²) in [7, 11) is 0. The molecule has 1 aromatic rings. The van der Waals surface area contributed by atoms with Crippen molar-refractivity contribution < 1.29 is 24.5 Å². The van der Waals surface area contributed by atoms with Crippen LogP contribution in [0.4, 0.5) is 0 Å². The molecule has 0 aliphatic heterocycles. The quantitative estimate of drug-likeness (QED) is 0.302. The first kappa shape index (κ1) is 20.6. The molecule has 0 saturated carbocycles. The number of allylic oxidation sites excluding steroid dienone is 1. The van der Waals surface area contributed by atoms with E-state index in [1.165, 1.54) is 5.56 Å². The van der Waals surface area contributed by atoms with Gasteiger partial charge in [0.1, 0.15) is 5.75 Å². The Balaban J connectivity index is 0.000000688. The van der Waals surface area contributed by atoms with E-state index in [9.17, 15) is 0 Å². The second-order valence-corrected chi connectivity index (χ2v) is 4.45. The number of nitrogens with two attached hydrogens (primary N) is 1. The fourth-order valence-electron chi connectivity index (χ4n) is 1.58. The average Bonchev–Trinajstić information content (AvgIpc) is 2.53. The van der Waals surface area contributed by atoms with Crippen molar-refractivity contribution >= 4 is 11.9 Å². The van der Waals surface area contributed by atoms with E-state index in [4.69, 9.17) is 30.3 Å². The van der Waals surface area contributed by atoms with Crippen LogP contribution in [0, 0.1) is 0 Å². The number of benzene rings is 1. The van der Waals surface area contributed by atoms with E-state index >= 15 is 0 Å². The molecule has 0 aliphatic carbocycles. The van der Waals surface area contributed by atoms with Gasteiger partial charge in [0, 0.05) is 13.1 Å². The molecular weight excluding hydrogens is 300 g/mol. The molecule has 7 nitrogen and oxygen atoms in total. The molecule has 0 heterocycles. The van der Waals surface area contributed by atoms with Crippen molar-refractivity contribution in [2.24, 2.45) is 5.73 Å². The standard InChI is InChI=1S/C14H22N2O.C2H2O4/c1-2-6-13-7-3-4-8-14(13)17-12-5-10-16-11-9-15;3-1(4)2(5)6/h2-4,7-8,16H,1,5-6,9-12,15H2;(H,3,4)(H,5,6). The fraction of sp³-hybridized carbons (Fsp3) is 0.375. The van der Waals surface area contributed by atoms with Crippen LogP contribution in [0.3, 0.4) is 0 Å². The number of hydrogen-bond donors (Lipinski definition) is 4. The van der Waals surface area contributed by atoms with Gasteiger partial charge in [-0.2, -0.15) is 0 Å². The molecule has 128 valence electrons. The summed E-state index contributed by atoms with van der Waals surface area (Å²) in [5.41, 5.74) is 6.58. The smallest absolute Gasteiger partial charge is 0.414 e. The second kappa shape index (κ2) is 13.3. The topological polar surface area (TPSA) is 122 Å². The Morgan fingerprint density at radius 1 is 1.22 bits per heavy atom. The van der Waals surface area contributed by atoms with E-state index in [2.05, 4.69) is 18.0 Å². The molecule has 0 unspecified atom stereocenters. The van der Waals surface area contributed by atoms with Gasteiger partial charge in [0.2, 0.25) is 0 Å². The predicted molar refractivity (Wildman–Crippen MR) is 87.7 cm³/mol. The summed E-state index contributed by atoms with van der Waals surface area (Å²) in [5, 5.41) is 18.0. The van der Waals surface area contributed by atoms with Gasteiger partial charge in [0.15, 0.2) is 0 Å². The van der Waals surface area contributed by atoms with Crippen molar-refractivity contribution in [2.45, 2.75) is 12.8 Å². The van der Waals surface area contributed by atoms with Crippen LogP contribution in [0.1, 0.15) is 12.0 Å². The molecule has 0 bridgehead atoms. The average molecular weight is 324 g/mol. The Labute approximate surface area is 135 Å². The van der Waals surface area contributed by atoms with Crippen LogP contribution in [0.15, 0.2) is 36.9 Å². The molecule has 0 amide bonds. The number of ether oxygens (including phenoxy) is 1. The third-order valence-corrected chi connectivity index (χ3v) is 2.60. The van der Waals surface area contributed by atoms with Crippen LogP contribution in [0.5, 0.6) is 5.75 Å². The van der Waals surface area contributed by atoms with E-state index in [0.717, 1.165) is 38.3 Å². The molecular formula is C16H24N2O5. The number of aliphatic carboxylic acids is 2. The van der Waals surface area contributed by atoms with E-state index in [1.807, 2.05) is 24.3 Å². The van der Waals surface area contributed by atoms with Gasteiger partial charge in [-0.25, -0.2) is 9.59 Å². The maximum absolute atomic E-state index is 9.10. The van der Waals surface area contributed by atoms with Crippen molar-refractivity contribution in [2.75, 3.05) is 26.2 Å². The normalized spacial score (nSPS) is 9.43. The molecule has 5 N–H and O–H groups in total. The van der Waals surface area contributed by atoms with Gasteiger partial charge in [-0.3, -0.25) is 0 Å². The molecule has 23 heavy (non-hydrogen) atoms. The van der Waals surface area contributed by atoms with Crippen LogP contribution in [-0.2, 0) is 16.0 Å². The number of carbonyl (C=O) groups is 2. The first-order valence-electron chi connectivity index (χ1n) is 7.21. The van der Waals surface area contributed by atoms with Crippen molar-refractivity contribution in [1.29, 1.82) is 0 Å². The Morgan fingerprint density at radius 2 is 1.87 bits per heavy atom. The van der Waals surface area contributed by atoms with Gasteiger partial charge >= 0.3 is 11.9 Å². The van der Waals surface area contributed by atoms with E-state index in [-0.39, 0.29) is 0 Å². The van der Waals surface area contributed by atoms with Gasteiger partial charge in [-0.05, 0) is 31.0 Å². The molecule has 0 fully saturated rings. The number of carboxylic acid groups (broad SMARTS) is 2. The Bertz CT molecular complexity index is 479. The molecule has 0 radical (unpaired) electrons. The molecule has 0 saturated heterocycles. The minimum Gasteiger partial charge on any atom is -0.493 e. The number of rotatable bonds is 9. The molecule has 0 atom stereocenters. The summed E-state index contributed by atoms with van der Waals surface area (Å²) in [6, 6.07) is 8.10. The summed E-state index contributed by atoms with van der Waals surface area (Å²) >= 11 is 0. The molecule has 0 aromatic heterocycles. The van der Waals surface area contributed by atoms with E-state index < -0.39 is 11.9 Å². The van der Waals surface area contributed by atoms with Crippen LogP contribution in [-0.4, -0.2) is 48.4 Å². The van der Waals surface area contributed by atoms with Crippen molar-refractivity contribution in [1.82, 2.24) is 5.32 Å².